The first-order valence-corrected chi connectivity index (χ1v) is 11.1. The lowest BCUT2D eigenvalue weighted by atomic mass is 9.95. The Morgan fingerprint density at radius 2 is 1.73 bits per heavy atom. The number of nitrogens with one attached hydrogen (secondary N) is 2. The number of aromatic nitrogens is 2. The molecule has 8 nitrogen and oxygen atoms in total. The van der Waals surface area contributed by atoms with Crippen molar-refractivity contribution in [2.24, 2.45) is 5.92 Å². The molecule has 1 aliphatic heterocycles. The van der Waals surface area contributed by atoms with Crippen LogP contribution in [0.3, 0.4) is 0 Å². The average molecular weight is 448 g/mol. The van der Waals surface area contributed by atoms with Gasteiger partial charge in [-0.2, -0.15) is 5.10 Å². The van der Waals surface area contributed by atoms with Gasteiger partial charge in [0, 0.05) is 12.0 Å². The van der Waals surface area contributed by atoms with Gasteiger partial charge in [0.15, 0.2) is 0 Å². The molecule has 1 aliphatic rings. The zero-order valence-corrected chi connectivity index (χ0v) is 18.9. The minimum Gasteiger partial charge on any atom is -0.506 e. The van der Waals surface area contributed by atoms with Gasteiger partial charge >= 0.3 is 0 Å². The summed E-state index contributed by atoms with van der Waals surface area (Å²) >= 11 is 0. The number of amides is 2. The zero-order chi connectivity index (χ0) is 23.4. The quantitative estimate of drug-likeness (QED) is 0.503. The maximum absolute atomic E-state index is 12.7. The molecule has 0 radical (unpaired) electrons. The molecule has 2 aromatic carbocycles. The summed E-state index contributed by atoms with van der Waals surface area (Å²) in [5.41, 5.74) is 3.29. The van der Waals surface area contributed by atoms with Gasteiger partial charge in [0.1, 0.15) is 11.6 Å². The molecule has 0 unspecified atom stereocenters. The predicted molar refractivity (Wildman–Crippen MR) is 128 cm³/mol. The van der Waals surface area contributed by atoms with Gasteiger partial charge < -0.3 is 15.7 Å². The van der Waals surface area contributed by atoms with Gasteiger partial charge in [0.2, 0.25) is 11.8 Å². The van der Waals surface area contributed by atoms with Crippen molar-refractivity contribution in [2.75, 3.05) is 30.3 Å². The number of rotatable bonds is 6. The van der Waals surface area contributed by atoms with Gasteiger partial charge in [-0.15, -0.1) is 0 Å². The second kappa shape index (κ2) is 9.87. The topological polar surface area (TPSA) is 99.5 Å². The van der Waals surface area contributed by atoms with Crippen molar-refractivity contribution in [3.8, 4) is 11.4 Å². The number of nitrogens with zero attached hydrogens (tertiary/aromatic N) is 3. The van der Waals surface area contributed by atoms with Gasteiger partial charge in [-0.1, -0.05) is 29.8 Å². The highest BCUT2D eigenvalue weighted by atomic mass is 16.3. The van der Waals surface area contributed by atoms with Crippen LogP contribution in [0.2, 0.25) is 0 Å². The molecule has 2 amide bonds. The van der Waals surface area contributed by atoms with Crippen LogP contribution in [0, 0.1) is 19.8 Å². The Labute approximate surface area is 193 Å². The Hall–Kier alpha value is -3.65. The van der Waals surface area contributed by atoms with E-state index in [1.165, 1.54) is 0 Å². The monoisotopic (exact) mass is 447 g/mol. The van der Waals surface area contributed by atoms with E-state index in [0.29, 0.717) is 37.4 Å². The van der Waals surface area contributed by atoms with E-state index in [1.807, 2.05) is 44.2 Å². The number of hydrogen-bond acceptors (Lipinski definition) is 5. The van der Waals surface area contributed by atoms with Gasteiger partial charge in [0.05, 0.1) is 23.6 Å². The molecule has 8 heteroatoms. The van der Waals surface area contributed by atoms with E-state index in [9.17, 15) is 14.7 Å². The van der Waals surface area contributed by atoms with Crippen LogP contribution in [0.25, 0.3) is 5.69 Å². The average Bonchev–Trinajstić information content (AvgIpc) is 3.16. The fourth-order valence-corrected chi connectivity index (χ4v) is 4.02. The fourth-order valence-electron chi connectivity index (χ4n) is 4.02. The minimum absolute atomic E-state index is 0.0556. The molecule has 3 N–H and O–H groups in total. The number of anilines is 2. The molecule has 0 bridgehead atoms. The van der Waals surface area contributed by atoms with E-state index in [0.717, 1.165) is 16.9 Å². The third kappa shape index (κ3) is 5.59. The Balaban J connectivity index is 1.30. The van der Waals surface area contributed by atoms with Crippen LogP contribution in [-0.2, 0) is 9.59 Å². The van der Waals surface area contributed by atoms with Crippen LogP contribution in [0.5, 0.6) is 5.75 Å². The predicted octanol–water partition coefficient (Wildman–Crippen LogP) is 3.48. The third-order valence-corrected chi connectivity index (χ3v) is 5.87. The second-order valence-electron chi connectivity index (χ2n) is 8.52. The number of para-hydroxylation sites is 2. The number of aryl methyl sites for hydroxylation is 2. The minimum atomic E-state index is -0.144. The summed E-state index contributed by atoms with van der Waals surface area (Å²) in [6.07, 6.45) is 1.32. The Morgan fingerprint density at radius 1 is 1.03 bits per heavy atom. The van der Waals surface area contributed by atoms with E-state index < -0.39 is 0 Å². The number of carbonyl (C=O) groups is 2. The molecule has 1 fully saturated rings. The van der Waals surface area contributed by atoms with E-state index >= 15 is 0 Å². The van der Waals surface area contributed by atoms with Crippen LogP contribution < -0.4 is 10.6 Å². The lowest BCUT2D eigenvalue weighted by Gasteiger charge is -2.30. The summed E-state index contributed by atoms with van der Waals surface area (Å²) in [6, 6.07) is 16.5. The summed E-state index contributed by atoms with van der Waals surface area (Å²) in [6.45, 7) is 5.49. The van der Waals surface area contributed by atoms with Crippen molar-refractivity contribution in [3.05, 3.63) is 65.9 Å². The van der Waals surface area contributed by atoms with Gasteiger partial charge in [0.25, 0.3) is 0 Å². The zero-order valence-electron chi connectivity index (χ0n) is 18.9. The first kappa shape index (κ1) is 22.5. The Bertz CT molecular complexity index is 1130. The first-order chi connectivity index (χ1) is 15.9. The molecule has 0 saturated carbocycles. The van der Waals surface area contributed by atoms with Crippen LogP contribution in [0.15, 0.2) is 54.6 Å². The lowest BCUT2D eigenvalue weighted by molar-refractivity contribution is -0.121. The number of aromatic hydroxyl groups is 1. The summed E-state index contributed by atoms with van der Waals surface area (Å²) in [5, 5.41) is 20.1. The summed E-state index contributed by atoms with van der Waals surface area (Å²) in [7, 11) is 0. The number of phenolic OH excluding ortho intramolecular Hbond substituents is 1. The third-order valence-electron chi connectivity index (χ3n) is 5.87. The molecule has 0 aliphatic carbocycles. The van der Waals surface area contributed by atoms with E-state index in [-0.39, 0.29) is 30.0 Å². The van der Waals surface area contributed by atoms with Crippen molar-refractivity contribution in [2.45, 2.75) is 26.7 Å². The van der Waals surface area contributed by atoms with Gasteiger partial charge in [-0.3, -0.25) is 14.5 Å². The highest BCUT2D eigenvalue weighted by Crippen LogP contribution is 2.25. The van der Waals surface area contributed by atoms with E-state index in [4.69, 9.17) is 0 Å². The van der Waals surface area contributed by atoms with Crippen molar-refractivity contribution in [1.29, 1.82) is 0 Å². The van der Waals surface area contributed by atoms with Crippen LogP contribution >= 0.6 is 0 Å². The summed E-state index contributed by atoms with van der Waals surface area (Å²) in [4.78, 5) is 27.3. The summed E-state index contributed by atoms with van der Waals surface area (Å²) < 4.78 is 1.74. The van der Waals surface area contributed by atoms with Crippen LogP contribution in [0.1, 0.15) is 24.1 Å². The van der Waals surface area contributed by atoms with Crippen molar-refractivity contribution >= 4 is 23.3 Å². The highest BCUT2D eigenvalue weighted by molar-refractivity contribution is 5.94. The van der Waals surface area contributed by atoms with Crippen molar-refractivity contribution < 1.29 is 14.7 Å². The van der Waals surface area contributed by atoms with Crippen molar-refractivity contribution in [1.82, 2.24) is 14.7 Å². The summed E-state index contributed by atoms with van der Waals surface area (Å²) in [5.74, 6) is 0.339. The molecule has 1 saturated heterocycles. The molecule has 0 atom stereocenters. The number of carbonyl (C=O) groups excluding carboxylic acids is 2. The van der Waals surface area contributed by atoms with Gasteiger partial charge in [-0.05, 0) is 64.0 Å². The first-order valence-electron chi connectivity index (χ1n) is 11.1. The molecule has 1 aromatic heterocycles. The van der Waals surface area contributed by atoms with Crippen LogP contribution in [0.4, 0.5) is 11.5 Å². The smallest absolute Gasteiger partial charge is 0.239 e. The molecule has 3 aromatic rings. The number of benzene rings is 2. The maximum atomic E-state index is 12.7. The normalized spacial score (nSPS) is 14.7. The Kier molecular flexibility index (Phi) is 6.74. The SMILES string of the molecule is Cc1ccc(-n2nc(C)cc2NC(=O)CN2CCC(C(=O)Nc3ccccc3O)CC2)cc1. The van der Waals surface area contributed by atoms with Crippen molar-refractivity contribution in [3.63, 3.8) is 0 Å². The van der Waals surface area contributed by atoms with Crippen LogP contribution in [-0.4, -0.2) is 51.2 Å². The molecule has 33 heavy (non-hydrogen) atoms. The molecular weight excluding hydrogens is 418 g/mol. The standard InChI is InChI=1S/C25H29N5O3/c1-17-7-9-20(10-8-17)30-23(15-18(2)28-30)27-24(32)16-29-13-11-19(12-14-29)25(33)26-21-5-3-4-6-22(21)31/h3-10,15,19,31H,11-14,16H2,1-2H3,(H,26,33)(H,27,32). The number of hydrogen-bond donors (Lipinski definition) is 3. The highest BCUT2D eigenvalue weighted by Gasteiger charge is 2.26. The number of likely N-dealkylation sites (tertiary alicyclic amines) is 1. The maximum Gasteiger partial charge on any atom is 0.239 e. The molecular formula is C25H29N5O3. The fraction of sp³-hybridized carbons (Fsp3) is 0.320. The van der Waals surface area contributed by atoms with E-state index in [2.05, 4.69) is 20.6 Å². The number of phenols is 1. The molecule has 4 rings (SSSR count). The molecule has 2 heterocycles. The second-order valence-corrected chi connectivity index (χ2v) is 8.52. The van der Waals surface area contributed by atoms with E-state index in [1.54, 1.807) is 28.9 Å². The number of piperidine rings is 1. The Morgan fingerprint density at radius 3 is 2.42 bits per heavy atom. The lowest BCUT2D eigenvalue weighted by Crippen LogP contribution is -2.42. The molecule has 0 spiro atoms. The largest absolute Gasteiger partial charge is 0.506 e. The molecule has 172 valence electrons. The van der Waals surface area contributed by atoms with Gasteiger partial charge in [-0.25, -0.2) is 4.68 Å².